The standard InChI is InChI=1S/C18H26/c1-4-6-7-8-9-13-16-18(3,5-2)17-14-11-10-12-15-17/h5,10-16H,2,4,6-9H2,1,3H3/b16-13+/t18-/m1/s1. The fourth-order valence-corrected chi connectivity index (χ4v) is 2.10. The van der Waals surface area contributed by atoms with E-state index in [1.54, 1.807) is 0 Å². The fourth-order valence-electron chi connectivity index (χ4n) is 2.10. The van der Waals surface area contributed by atoms with E-state index in [-0.39, 0.29) is 5.41 Å². The predicted molar refractivity (Wildman–Crippen MR) is 81.9 cm³/mol. The summed E-state index contributed by atoms with van der Waals surface area (Å²) < 4.78 is 0. The molecule has 0 aromatic heterocycles. The van der Waals surface area contributed by atoms with Crippen molar-refractivity contribution >= 4 is 0 Å². The quantitative estimate of drug-likeness (QED) is 0.408. The lowest BCUT2D eigenvalue weighted by molar-refractivity contribution is 0.670. The van der Waals surface area contributed by atoms with Crippen LogP contribution < -0.4 is 0 Å². The third-order valence-electron chi connectivity index (χ3n) is 3.51. The molecule has 98 valence electrons. The molecule has 1 atom stereocenters. The lowest BCUT2D eigenvalue weighted by atomic mass is 9.82. The molecule has 0 nitrogen and oxygen atoms in total. The minimum absolute atomic E-state index is 0.0357. The highest BCUT2D eigenvalue weighted by Gasteiger charge is 2.18. The van der Waals surface area contributed by atoms with Crippen molar-refractivity contribution in [3.8, 4) is 0 Å². The van der Waals surface area contributed by atoms with Gasteiger partial charge in [-0.15, -0.1) is 6.58 Å². The van der Waals surface area contributed by atoms with Crippen molar-refractivity contribution in [2.24, 2.45) is 0 Å². The molecule has 0 unspecified atom stereocenters. The Hall–Kier alpha value is -1.30. The molecule has 0 aliphatic heterocycles. The smallest absolute Gasteiger partial charge is 0.0281 e. The molecule has 0 radical (unpaired) electrons. The summed E-state index contributed by atoms with van der Waals surface area (Å²) in [6.07, 6.45) is 13.1. The van der Waals surface area contributed by atoms with Gasteiger partial charge in [-0.05, 0) is 25.3 Å². The van der Waals surface area contributed by atoms with E-state index in [0.717, 1.165) is 0 Å². The molecule has 0 saturated carbocycles. The Labute approximate surface area is 112 Å². The van der Waals surface area contributed by atoms with Crippen LogP contribution in [0.3, 0.4) is 0 Å². The zero-order valence-corrected chi connectivity index (χ0v) is 11.9. The Bertz CT molecular complexity index is 361. The monoisotopic (exact) mass is 242 g/mol. The van der Waals surface area contributed by atoms with Gasteiger partial charge in [0.05, 0.1) is 0 Å². The molecule has 0 amide bonds. The molecule has 1 aromatic carbocycles. The maximum Gasteiger partial charge on any atom is 0.0281 e. The first-order valence-corrected chi connectivity index (χ1v) is 7.09. The van der Waals surface area contributed by atoms with Gasteiger partial charge in [-0.1, -0.05) is 74.7 Å². The molecule has 0 bridgehead atoms. The van der Waals surface area contributed by atoms with Crippen LogP contribution in [0.15, 0.2) is 55.1 Å². The topological polar surface area (TPSA) is 0 Å². The second-order valence-electron chi connectivity index (χ2n) is 5.10. The van der Waals surface area contributed by atoms with Crippen LogP contribution in [0.1, 0.15) is 51.5 Å². The molecular formula is C18H26. The highest BCUT2D eigenvalue weighted by atomic mass is 14.2. The van der Waals surface area contributed by atoms with Gasteiger partial charge in [-0.2, -0.15) is 0 Å². The van der Waals surface area contributed by atoms with Crippen LogP contribution in [0, 0.1) is 0 Å². The third-order valence-corrected chi connectivity index (χ3v) is 3.51. The average Bonchev–Trinajstić information content (AvgIpc) is 2.43. The average molecular weight is 242 g/mol. The highest BCUT2D eigenvalue weighted by molar-refractivity contribution is 5.34. The first-order valence-electron chi connectivity index (χ1n) is 7.09. The summed E-state index contributed by atoms with van der Waals surface area (Å²) in [6, 6.07) is 10.6. The Balaban J connectivity index is 2.55. The number of hydrogen-bond donors (Lipinski definition) is 0. The summed E-state index contributed by atoms with van der Waals surface area (Å²) in [6.45, 7) is 8.46. The van der Waals surface area contributed by atoms with Gasteiger partial charge < -0.3 is 0 Å². The van der Waals surface area contributed by atoms with Crippen molar-refractivity contribution in [1.82, 2.24) is 0 Å². The molecule has 0 N–H and O–H groups in total. The molecule has 18 heavy (non-hydrogen) atoms. The lowest BCUT2D eigenvalue weighted by Crippen LogP contribution is -2.14. The van der Waals surface area contributed by atoms with Gasteiger partial charge >= 0.3 is 0 Å². The minimum atomic E-state index is -0.0357. The number of allylic oxidation sites excluding steroid dienone is 3. The fraction of sp³-hybridized carbons (Fsp3) is 0.444. The van der Waals surface area contributed by atoms with Crippen LogP contribution in [0.5, 0.6) is 0 Å². The number of unbranched alkanes of at least 4 members (excludes halogenated alkanes) is 4. The van der Waals surface area contributed by atoms with E-state index in [4.69, 9.17) is 0 Å². The molecule has 0 heteroatoms. The van der Waals surface area contributed by atoms with Crippen LogP contribution in [0.2, 0.25) is 0 Å². The Morgan fingerprint density at radius 2 is 1.83 bits per heavy atom. The van der Waals surface area contributed by atoms with Crippen molar-refractivity contribution in [2.75, 3.05) is 0 Å². The Kier molecular flexibility index (Phi) is 6.49. The zero-order valence-electron chi connectivity index (χ0n) is 11.9. The molecule has 0 spiro atoms. The van der Waals surface area contributed by atoms with Crippen LogP contribution >= 0.6 is 0 Å². The SMILES string of the molecule is C=C[C@](C)(/C=C/CCCCCC)c1ccccc1. The van der Waals surface area contributed by atoms with Crippen LogP contribution in [-0.4, -0.2) is 0 Å². The number of rotatable bonds is 8. The van der Waals surface area contributed by atoms with E-state index in [9.17, 15) is 0 Å². The van der Waals surface area contributed by atoms with Gasteiger partial charge in [0.1, 0.15) is 0 Å². The van der Waals surface area contributed by atoms with Crippen LogP contribution in [0.4, 0.5) is 0 Å². The van der Waals surface area contributed by atoms with E-state index in [2.05, 4.69) is 62.9 Å². The Morgan fingerprint density at radius 1 is 1.11 bits per heavy atom. The van der Waals surface area contributed by atoms with Gasteiger partial charge in [0.15, 0.2) is 0 Å². The zero-order chi connectivity index (χ0) is 13.3. The second-order valence-corrected chi connectivity index (χ2v) is 5.10. The van der Waals surface area contributed by atoms with Gasteiger partial charge in [0, 0.05) is 5.41 Å². The van der Waals surface area contributed by atoms with Crippen molar-refractivity contribution < 1.29 is 0 Å². The maximum absolute atomic E-state index is 3.99. The van der Waals surface area contributed by atoms with E-state index >= 15 is 0 Å². The van der Waals surface area contributed by atoms with E-state index in [1.807, 2.05) is 6.08 Å². The second kappa shape index (κ2) is 7.92. The number of hydrogen-bond acceptors (Lipinski definition) is 0. The predicted octanol–water partition coefficient (Wildman–Crippen LogP) is 5.66. The summed E-state index contributed by atoms with van der Waals surface area (Å²) in [5.74, 6) is 0. The van der Waals surface area contributed by atoms with Crippen molar-refractivity contribution in [2.45, 2.75) is 51.4 Å². The molecular weight excluding hydrogens is 216 g/mol. The molecule has 0 aliphatic rings. The molecule has 0 fully saturated rings. The summed E-state index contributed by atoms with van der Waals surface area (Å²) in [5.41, 5.74) is 1.27. The molecule has 0 heterocycles. The highest BCUT2D eigenvalue weighted by Crippen LogP contribution is 2.26. The maximum atomic E-state index is 3.99. The largest absolute Gasteiger partial charge is 0.102 e. The van der Waals surface area contributed by atoms with E-state index in [0.29, 0.717) is 0 Å². The minimum Gasteiger partial charge on any atom is -0.102 e. The third kappa shape index (κ3) is 4.52. The van der Waals surface area contributed by atoms with Crippen molar-refractivity contribution in [1.29, 1.82) is 0 Å². The molecule has 0 saturated heterocycles. The summed E-state index contributed by atoms with van der Waals surface area (Å²) in [4.78, 5) is 0. The first-order chi connectivity index (χ1) is 8.73. The summed E-state index contributed by atoms with van der Waals surface area (Å²) >= 11 is 0. The number of benzene rings is 1. The van der Waals surface area contributed by atoms with Gasteiger partial charge in [-0.25, -0.2) is 0 Å². The first kappa shape index (κ1) is 14.8. The Morgan fingerprint density at radius 3 is 2.44 bits per heavy atom. The van der Waals surface area contributed by atoms with Gasteiger partial charge in [0.2, 0.25) is 0 Å². The van der Waals surface area contributed by atoms with Crippen LogP contribution in [-0.2, 0) is 5.41 Å². The molecule has 1 aromatic rings. The molecule has 1 rings (SSSR count). The molecule has 0 aliphatic carbocycles. The lowest BCUT2D eigenvalue weighted by Gasteiger charge is -2.22. The van der Waals surface area contributed by atoms with Crippen molar-refractivity contribution in [3.05, 3.63) is 60.7 Å². The normalized spacial score (nSPS) is 14.6. The summed E-state index contributed by atoms with van der Waals surface area (Å²) in [7, 11) is 0. The van der Waals surface area contributed by atoms with Gasteiger partial charge in [0.25, 0.3) is 0 Å². The summed E-state index contributed by atoms with van der Waals surface area (Å²) in [5, 5.41) is 0. The van der Waals surface area contributed by atoms with Crippen molar-refractivity contribution in [3.63, 3.8) is 0 Å². The van der Waals surface area contributed by atoms with E-state index < -0.39 is 0 Å². The van der Waals surface area contributed by atoms with E-state index in [1.165, 1.54) is 37.7 Å². The van der Waals surface area contributed by atoms with Gasteiger partial charge in [-0.3, -0.25) is 0 Å². The van der Waals surface area contributed by atoms with Crippen LogP contribution in [0.25, 0.3) is 0 Å².